The van der Waals surface area contributed by atoms with Gasteiger partial charge in [0.05, 0.1) is 12.7 Å². The Hall–Kier alpha value is -2.65. The fourth-order valence-corrected chi connectivity index (χ4v) is 7.56. The number of halogens is 1. The van der Waals surface area contributed by atoms with Gasteiger partial charge in [-0.25, -0.2) is 4.79 Å². The first-order valence-electron chi connectivity index (χ1n) is 11.9. The fourth-order valence-electron chi connectivity index (χ4n) is 7.44. The summed E-state index contributed by atoms with van der Waals surface area (Å²) in [5.74, 6) is 2.16. The Labute approximate surface area is 199 Å². The normalized spacial score (nSPS) is 27.6. The maximum Gasteiger partial charge on any atom is 0.338 e. The maximum atomic E-state index is 12.8. The van der Waals surface area contributed by atoms with Crippen molar-refractivity contribution in [2.75, 3.05) is 7.11 Å². The van der Waals surface area contributed by atoms with Crippen LogP contribution in [-0.2, 0) is 10.2 Å². The highest BCUT2D eigenvalue weighted by atomic mass is 35.5. The number of carbonyl (C=O) groups excluding carboxylic acids is 2. The third kappa shape index (κ3) is 3.49. The monoisotopic (exact) mass is 458 g/mol. The highest BCUT2D eigenvalue weighted by Gasteiger charge is 2.52. The Morgan fingerprint density at radius 3 is 2.03 bits per heavy atom. The molecule has 0 spiro atoms. The molecule has 0 aliphatic heterocycles. The quantitative estimate of drug-likeness (QED) is 0.308. The van der Waals surface area contributed by atoms with Gasteiger partial charge in [0.2, 0.25) is 0 Å². The van der Waals surface area contributed by atoms with Gasteiger partial charge in [0.1, 0.15) is 0 Å². The minimum absolute atomic E-state index is 0.0980. The lowest BCUT2D eigenvalue weighted by Crippen LogP contribution is -2.49. The lowest BCUT2D eigenvalue weighted by atomic mass is 9.47. The minimum Gasteiger partial charge on any atom is -0.465 e. The molecular weight excluding hydrogens is 432 g/mol. The molecule has 168 valence electrons. The van der Waals surface area contributed by atoms with Crippen LogP contribution in [-0.4, -0.2) is 18.3 Å². The molecule has 4 saturated carbocycles. The van der Waals surface area contributed by atoms with Crippen molar-refractivity contribution in [3.8, 4) is 11.1 Å². The van der Waals surface area contributed by atoms with E-state index in [2.05, 4.69) is 18.2 Å². The number of fused-ring (bicyclic) bond motifs is 1. The van der Waals surface area contributed by atoms with Crippen LogP contribution in [0, 0.1) is 17.8 Å². The summed E-state index contributed by atoms with van der Waals surface area (Å²) in [4.78, 5) is 24.3. The first-order valence-corrected chi connectivity index (χ1v) is 12.3. The highest BCUT2D eigenvalue weighted by Crippen LogP contribution is 2.61. The summed E-state index contributed by atoms with van der Waals surface area (Å²) < 4.78 is 5.20. The molecule has 0 saturated heterocycles. The Kier molecular flexibility index (Phi) is 4.88. The SMILES string of the molecule is COC(=O)c1ccc(-c2ccc3cc(C(=O)Cl)ccc3c2)cc1C12CC3CC(CC(C3)C1)C2. The number of hydrogen-bond donors (Lipinski definition) is 0. The molecule has 0 N–H and O–H groups in total. The number of hydrogen-bond acceptors (Lipinski definition) is 3. The predicted octanol–water partition coefficient (Wildman–Crippen LogP) is 7.14. The minimum atomic E-state index is -0.445. The summed E-state index contributed by atoms with van der Waals surface area (Å²) in [6.07, 6.45) is 7.68. The van der Waals surface area contributed by atoms with Gasteiger partial charge >= 0.3 is 5.97 Å². The Morgan fingerprint density at radius 1 is 0.818 bits per heavy atom. The van der Waals surface area contributed by atoms with Crippen molar-refractivity contribution in [1.29, 1.82) is 0 Å². The van der Waals surface area contributed by atoms with Crippen LogP contribution >= 0.6 is 11.6 Å². The zero-order chi connectivity index (χ0) is 22.7. The van der Waals surface area contributed by atoms with E-state index in [9.17, 15) is 9.59 Å². The molecule has 0 unspecified atom stereocenters. The smallest absolute Gasteiger partial charge is 0.338 e. The van der Waals surface area contributed by atoms with E-state index >= 15 is 0 Å². The van der Waals surface area contributed by atoms with Crippen molar-refractivity contribution < 1.29 is 14.3 Å². The van der Waals surface area contributed by atoms with Gasteiger partial charge in [-0.05, 0) is 131 Å². The van der Waals surface area contributed by atoms with Gasteiger partial charge in [-0.2, -0.15) is 0 Å². The van der Waals surface area contributed by atoms with Crippen molar-refractivity contribution in [2.24, 2.45) is 17.8 Å². The average molecular weight is 459 g/mol. The summed E-state index contributed by atoms with van der Waals surface area (Å²) in [6.45, 7) is 0. The molecule has 3 aromatic rings. The lowest BCUT2D eigenvalue weighted by molar-refractivity contribution is -0.00591. The van der Waals surface area contributed by atoms with E-state index in [4.69, 9.17) is 16.3 Å². The predicted molar refractivity (Wildman–Crippen MR) is 131 cm³/mol. The molecule has 7 rings (SSSR count). The zero-order valence-electron chi connectivity index (χ0n) is 18.8. The van der Waals surface area contributed by atoms with Crippen LogP contribution in [0.4, 0.5) is 0 Å². The molecular formula is C29H27ClO3. The molecule has 0 radical (unpaired) electrons. The van der Waals surface area contributed by atoms with E-state index in [0.29, 0.717) is 5.56 Å². The maximum absolute atomic E-state index is 12.8. The van der Waals surface area contributed by atoms with E-state index in [1.165, 1.54) is 51.2 Å². The van der Waals surface area contributed by atoms with E-state index in [1.807, 2.05) is 30.3 Å². The average Bonchev–Trinajstić information content (AvgIpc) is 2.81. The third-order valence-electron chi connectivity index (χ3n) is 8.44. The molecule has 4 aliphatic rings. The summed E-state index contributed by atoms with van der Waals surface area (Å²) in [6, 6.07) is 18.1. The van der Waals surface area contributed by atoms with Crippen LogP contribution in [0.2, 0.25) is 0 Å². The van der Waals surface area contributed by atoms with Crippen LogP contribution in [0.5, 0.6) is 0 Å². The molecule has 0 aromatic heterocycles. The third-order valence-corrected chi connectivity index (χ3v) is 8.65. The van der Waals surface area contributed by atoms with E-state index in [0.717, 1.165) is 45.2 Å². The molecule has 4 bridgehead atoms. The Morgan fingerprint density at radius 2 is 1.39 bits per heavy atom. The second-order valence-electron chi connectivity index (χ2n) is 10.5. The van der Waals surface area contributed by atoms with E-state index < -0.39 is 5.24 Å². The second kappa shape index (κ2) is 7.70. The molecule has 3 aromatic carbocycles. The number of methoxy groups -OCH3 is 1. The molecule has 33 heavy (non-hydrogen) atoms. The zero-order valence-corrected chi connectivity index (χ0v) is 19.5. The van der Waals surface area contributed by atoms with Gasteiger partial charge in [-0.15, -0.1) is 0 Å². The number of esters is 1. The molecule has 4 heteroatoms. The van der Waals surface area contributed by atoms with Gasteiger partial charge in [-0.1, -0.05) is 24.3 Å². The van der Waals surface area contributed by atoms with E-state index in [-0.39, 0.29) is 11.4 Å². The van der Waals surface area contributed by atoms with Crippen molar-refractivity contribution in [2.45, 2.75) is 43.9 Å². The topological polar surface area (TPSA) is 43.4 Å². The Bertz CT molecular complexity index is 1260. The highest BCUT2D eigenvalue weighted by molar-refractivity contribution is 6.67. The molecule has 4 fully saturated rings. The Balaban J connectivity index is 1.46. The molecule has 3 nitrogen and oxygen atoms in total. The first-order chi connectivity index (χ1) is 15.9. The van der Waals surface area contributed by atoms with Gasteiger partial charge in [0.15, 0.2) is 0 Å². The molecule has 0 heterocycles. The number of carbonyl (C=O) groups is 2. The molecule has 4 aliphatic carbocycles. The summed E-state index contributed by atoms with van der Waals surface area (Å²) in [7, 11) is 1.48. The van der Waals surface area contributed by atoms with Crippen LogP contribution in [0.3, 0.4) is 0 Å². The second-order valence-corrected chi connectivity index (χ2v) is 10.8. The van der Waals surface area contributed by atoms with Gasteiger partial charge in [0, 0.05) is 5.56 Å². The van der Waals surface area contributed by atoms with Crippen molar-refractivity contribution >= 4 is 33.6 Å². The summed E-state index contributed by atoms with van der Waals surface area (Å²) >= 11 is 5.65. The van der Waals surface area contributed by atoms with Crippen LogP contribution < -0.4 is 0 Å². The van der Waals surface area contributed by atoms with Crippen LogP contribution in [0.15, 0.2) is 54.6 Å². The summed E-state index contributed by atoms with van der Waals surface area (Å²) in [5, 5.41) is 1.60. The number of rotatable bonds is 4. The van der Waals surface area contributed by atoms with Crippen molar-refractivity contribution in [3.05, 3.63) is 71.3 Å². The summed E-state index contributed by atoms with van der Waals surface area (Å²) in [5.41, 5.74) is 4.75. The number of benzene rings is 3. The van der Waals surface area contributed by atoms with Crippen molar-refractivity contribution in [3.63, 3.8) is 0 Å². The van der Waals surface area contributed by atoms with Gasteiger partial charge in [-0.3, -0.25) is 4.79 Å². The molecule has 0 atom stereocenters. The van der Waals surface area contributed by atoms with Gasteiger partial charge < -0.3 is 4.74 Å². The van der Waals surface area contributed by atoms with Gasteiger partial charge in [0.25, 0.3) is 5.24 Å². The van der Waals surface area contributed by atoms with Crippen LogP contribution in [0.25, 0.3) is 21.9 Å². The first kappa shape index (κ1) is 20.9. The fraction of sp³-hybridized carbons (Fsp3) is 0.379. The van der Waals surface area contributed by atoms with E-state index in [1.54, 1.807) is 6.07 Å². The largest absolute Gasteiger partial charge is 0.465 e. The number of ether oxygens (including phenoxy) is 1. The standard InChI is InChI=1S/C29H27ClO3/c1-33-28(32)25-7-6-23(21-2-3-22-12-24(27(30)31)5-4-20(22)11-21)13-26(25)29-14-17-8-18(15-29)10-19(9-17)16-29/h2-7,11-13,17-19H,8-10,14-16H2,1H3. The van der Waals surface area contributed by atoms with Crippen LogP contribution in [0.1, 0.15) is 64.8 Å². The lowest BCUT2D eigenvalue weighted by Gasteiger charge is -2.57. The molecule has 0 amide bonds. The van der Waals surface area contributed by atoms with Crippen molar-refractivity contribution in [1.82, 2.24) is 0 Å².